The summed E-state index contributed by atoms with van der Waals surface area (Å²) in [5, 5.41) is 40.2. The Kier molecular flexibility index (Phi) is 27.8. The minimum absolute atomic E-state index is 0.120. The summed E-state index contributed by atoms with van der Waals surface area (Å²) in [6.07, 6.45) is 21.8. The minimum atomic E-state index is -4.65. The van der Waals surface area contributed by atoms with Crippen LogP contribution in [-0.2, 0) is 32.7 Å². The summed E-state index contributed by atoms with van der Waals surface area (Å²) in [5.74, 6) is -1.00. The molecule has 2 aromatic rings. The monoisotopic (exact) mass is 844 g/mol. The van der Waals surface area contributed by atoms with Crippen molar-refractivity contribution in [2.24, 2.45) is 0 Å². The number of nitro groups is 1. The average molecular weight is 845 g/mol. The predicted octanol–water partition coefficient (Wildman–Crippen LogP) is 8.87. The molecule has 1 heterocycles. The molecule has 0 spiro atoms. The van der Waals surface area contributed by atoms with E-state index in [0.29, 0.717) is 30.6 Å². The number of nitrogens with zero attached hydrogens (tertiary/aromatic N) is 3. The lowest BCUT2D eigenvalue weighted by atomic mass is 10.0. The van der Waals surface area contributed by atoms with E-state index in [4.69, 9.17) is 23.7 Å². The van der Waals surface area contributed by atoms with Crippen molar-refractivity contribution in [3.05, 3.63) is 22.2 Å². The van der Waals surface area contributed by atoms with Gasteiger partial charge in [-0.1, -0.05) is 129 Å². The zero-order chi connectivity index (χ0) is 42.3. The molecule has 0 radical (unpaired) electrons. The van der Waals surface area contributed by atoms with Crippen molar-refractivity contribution < 1.29 is 57.3 Å². The molecule has 18 heteroatoms. The quantitative estimate of drug-likeness (QED) is 0.0162. The number of nitro benzene ring substituents is 1. The van der Waals surface area contributed by atoms with Crippen LogP contribution in [0.2, 0.25) is 0 Å². The van der Waals surface area contributed by atoms with E-state index < -0.39 is 56.7 Å². The van der Waals surface area contributed by atoms with Crippen molar-refractivity contribution in [2.75, 3.05) is 38.3 Å². The van der Waals surface area contributed by atoms with Gasteiger partial charge in [-0.05, 0) is 35.6 Å². The molecule has 0 aliphatic heterocycles. The largest absolute Gasteiger partial charge is 0.472 e. The summed E-state index contributed by atoms with van der Waals surface area (Å²) in [7, 11) is -4.65. The second kappa shape index (κ2) is 31.7. The number of anilines is 1. The number of esters is 2. The van der Waals surface area contributed by atoms with Crippen LogP contribution in [0, 0.1) is 10.1 Å². The standard InChI is InChI=1S/C40H69N4O13P/c1-2-3-4-5-6-7-8-9-10-12-15-18-21-24-37(47)53-31-34(32-55-58(51,52)54-30-33(46)29-45)56-38(48)25-22-19-16-13-11-14-17-20-23-28-41-35-26-27-36(44(49)50)40-39(35)42-57-43-40/h26-27,33-34,41,45-46H,2-25,28-32H2,1H3,(H,51,52)/t33-,34+/m0/s1. The SMILES string of the molecule is CCCCCCCCCCCCCCCC(=O)OC[C@H](COP(=O)(O)OC[C@@H](O)CO)OC(=O)CCCCCCCCCCCNc1ccc([N+](=O)[O-])c2nonc12. The molecule has 1 aromatic heterocycles. The molecule has 0 amide bonds. The van der Waals surface area contributed by atoms with Gasteiger partial charge in [-0.3, -0.25) is 28.8 Å². The molecule has 4 N–H and O–H groups in total. The van der Waals surface area contributed by atoms with Crippen LogP contribution in [0.1, 0.15) is 161 Å². The molecule has 3 atom stereocenters. The van der Waals surface area contributed by atoms with Crippen molar-refractivity contribution in [1.29, 1.82) is 0 Å². The van der Waals surface area contributed by atoms with Gasteiger partial charge < -0.3 is 29.9 Å². The van der Waals surface area contributed by atoms with Gasteiger partial charge in [0.1, 0.15) is 12.7 Å². The molecule has 0 fully saturated rings. The third-order valence-corrected chi connectivity index (χ3v) is 10.7. The number of aromatic nitrogens is 2. The number of phosphoric acid groups is 1. The van der Waals surface area contributed by atoms with Gasteiger partial charge in [0, 0.05) is 25.5 Å². The van der Waals surface area contributed by atoms with Gasteiger partial charge in [0.05, 0.1) is 30.4 Å². The topological polar surface area (TPSA) is 243 Å². The number of non-ortho nitro benzene ring substituents is 1. The zero-order valence-electron chi connectivity index (χ0n) is 34.5. The van der Waals surface area contributed by atoms with Crippen molar-refractivity contribution >= 4 is 42.2 Å². The lowest BCUT2D eigenvalue weighted by Gasteiger charge is -2.20. The number of ether oxygens (including phenoxy) is 2. The molecular formula is C40H69N4O13P. The number of nitrogens with one attached hydrogen (secondary N) is 1. The predicted molar refractivity (Wildman–Crippen MR) is 219 cm³/mol. The number of rotatable bonds is 38. The fourth-order valence-electron chi connectivity index (χ4n) is 6.35. The van der Waals surface area contributed by atoms with Gasteiger partial charge in [0.25, 0.3) is 0 Å². The van der Waals surface area contributed by atoms with Crippen molar-refractivity contribution in [2.45, 2.75) is 173 Å². The highest BCUT2D eigenvalue weighted by atomic mass is 31.2. The first kappa shape index (κ1) is 50.9. The Balaban J connectivity index is 1.58. The molecule has 0 saturated heterocycles. The van der Waals surface area contributed by atoms with Crippen LogP contribution in [0.25, 0.3) is 11.0 Å². The Hall–Kier alpha value is -3.21. The lowest BCUT2D eigenvalue weighted by molar-refractivity contribution is -0.383. The van der Waals surface area contributed by atoms with E-state index in [2.05, 4.69) is 27.1 Å². The maximum Gasteiger partial charge on any atom is 0.472 e. The zero-order valence-corrected chi connectivity index (χ0v) is 35.4. The number of fused-ring (bicyclic) bond motifs is 1. The summed E-state index contributed by atoms with van der Waals surface area (Å²) < 4.78 is 37.4. The first-order chi connectivity index (χ1) is 28.1. The Morgan fingerprint density at radius 3 is 1.81 bits per heavy atom. The van der Waals surface area contributed by atoms with Crippen LogP contribution in [0.15, 0.2) is 16.8 Å². The Labute approximate surface area is 343 Å². The molecule has 0 aliphatic carbocycles. The average Bonchev–Trinajstić information content (AvgIpc) is 3.70. The molecule has 1 unspecified atom stereocenters. The van der Waals surface area contributed by atoms with E-state index in [9.17, 15) is 34.3 Å². The molecule has 17 nitrogen and oxygen atoms in total. The summed E-state index contributed by atoms with van der Waals surface area (Å²) in [6.45, 7) is 0.685. The summed E-state index contributed by atoms with van der Waals surface area (Å²) in [4.78, 5) is 45.7. The molecule has 58 heavy (non-hydrogen) atoms. The number of benzene rings is 1. The van der Waals surface area contributed by atoms with Crippen molar-refractivity contribution in [3.63, 3.8) is 0 Å². The Morgan fingerprint density at radius 1 is 0.759 bits per heavy atom. The van der Waals surface area contributed by atoms with E-state index in [1.165, 1.54) is 63.9 Å². The highest BCUT2D eigenvalue weighted by Gasteiger charge is 2.27. The number of aliphatic hydroxyl groups is 2. The summed E-state index contributed by atoms with van der Waals surface area (Å²) in [5.41, 5.74) is 0.952. The molecule has 0 bridgehead atoms. The summed E-state index contributed by atoms with van der Waals surface area (Å²) >= 11 is 0. The first-order valence-corrected chi connectivity index (χ1v) is 22.9. The van der Waals surface area contributed by atoms with Gasteiger partial charge >= 0.3 is 25.4 Å². The second-order valence-electron chi connectivity index (χ2n) is 14.9. The molecule has 0 saturated carbocycles. The van der Waals surface area contributed by atoms with Gasteiger partial charge in [-0.15, -0.1) is 0 Å². The Morgan fingerprint density at radius 2 is 1.26 bits per heavy atom. The van der Waals surface area contributed by atoms with E-state index in [1.807, 2.05) is 0 Å². The molecule has 2 rings (SSSR count). The molecule has 332 valence electrons. The van der Waals surface area contributed by atoms with Crippen LogP contribution >= 0.6 is 7.82 Å². The highest BCUT2D eigenvalue weighted by molar-refractivity contribution is 7.47. The number of hydrogen-bond donors (Lipinski definition) is 4. The fourth-order valence-corrected chi connectivity index (χ4v) is 7.14. The smallest absolute Gasteiger partial charge is 0.462 e. The maximum atomic E-state index is 12.6. The number of unbranched alkanes of at least 4 members (excludes halogenated alkanes) is 20. The number of carbonyl (C=O) groups excluding carboxylic acids is 2. The van der Waals surface area contributed by atoms with Crippen molar-refractivity contribution in [1.82, 2.24) is 10.3 Å². The van der Waals surface area contributed by atoms with Gasteiger partial charge in [0.15, 0.2) is 11.6 Å². The number of phosphoric ester groups is 1. The van der Waals surface area contributed by atoms with Gasteiger partial charge in [-0.25, -0.2) is 9.19 Å². The van der Waals surface area contributed by atoms with E-state index in [1.54, 1.807) is 6.07 Å². The number of hydrogen-bond acceptors (Lipinski definition) is 15. The van der Waals surface area contributed by atoms with Gasteiger partial charge in [-0.2, -0.15) is 0 Å². The minimum Gasteiger partial charge on any atom is -0.462 e. The van der Waals surface area contributed by atoms with E-state index in [0.717, 1.165) is 70.6 Å². The highest BCUT2D eigenvalue weighted by Crippen LogP contribution is 2.43. The fraction of sp³-hybridized carbons (Fsp3) is 0.800. The summed E-state index contributed by atoms with van der Waals surface area (Å²) in [6, 6.07) is 2.99. The van der Waals surface area contributed by atoms with Crippen LogP contribution in [0.5, 0.6) is 0 Å². The third-order valence-electron chi connectivity index (χ3n) is 9.74. The van der Waals surface area contributed by atoms with Crippen LogP contribution < -0.4 is 5.32 Å². The third kappa shape index (κ3) is 24.0. The number of aliphatic hydroxyl groups excluding tert-OH is 2. The maximum absolute atomic E-state index is 12.6. The lowest BCUT2D eigenvalue weighted by Crippen LogP contribution is -2.29. The second-order valence-corrected chi connectivity index (χ2v) is 16.3. The molecule has 0 aliphatic rings. The van der Waals surface area contributed by atoms with Crippen LogP contribution in [0.3, 0.4) is 0 Å². The van der Waals surface area contributed by atoms with E-state index in [-0.39, 0.29) is 30.7 Å². The first-order valence-electron chi connectivity index (χ1n) is 21.5. The van der Waals surface area contributed by atoms with Gasteiger partial charge in [0.2, 0.25) is 5.52 Å². The Bertz CT molecular complexity index is 1460. The van der Waals surface area contributed by atoms with Crippen LogP contribution in [0.4, 0.5) is 11.4 Å². The van der Waals surface area contributed by atoms with E-state index >= 15 is 0 Å². The molecular weight excluding hydrogens is 775 g/mol. The molecule has 1 aromatic carbocycles. The normalized spacial score (nSPS) is 13.6. The van der Waals surface area contributed by atoms with Crippen molar-refractivity contribution in [3.8, 4) is 0 Å². The number of carbonyl (C=O) groups is 2. The van der Waals surface area contributed by atoms with Crippen LogP contribution in [-0.4, -0.2) is 87.5 Å².